The van der Waals surface area contributed by atoms with E-state index in [0.29, 0.717) is 0 Å². The van der Waals surface area contributed by atoms with Crippen LogP contribution in [-0.2, 0) is 6.42 Å². The SMILES string of the molecule is CC1(C)Cc2ccccc2C1n1cncc1OC(=O)O. The molecule has 0 saturated carbocycles. The van der Waals surface area contributed by atoms with Gasteiger partial charge >= 0.3 is 6.16 Å². The van der Waals surface area contributed by atoms with Crippen molar-refractivity contribution >= 4 is 6.16 Å². The lowest BCUT2D eigenvalue weighted by atomic mass is 9.85. The van der Waals surface area contributed by atoms with Gasteiger partial charge in [-0.25, -0.2) is 9.78 Å². The molecule has 104 valence electrons. The van der Waals surface area contributed by atoms with Gasteiger partial charge in [0.15, 0.2) is 0 Å². The third kappa shape index (κ3) is 1.95. The van der Waals surface area contributed by atoms with Crippen molar-refractivity contribution in [3.05, 3.63) is 47.9 Å². The molecule has 3 rings (SSSR count). The molecule has 1 unspecified atom stereocenters. The third-order valence-corrected chi connectivity index (χ3v) is 3.84. The van der Waals surface area contributed by atoms with Crippen molar-refractivity contribution in [2.45, 2.75) is 26.3 Å². The number of hydrogen-bond acceptors (Lipinski definition) is 3. The monoisotopic (exact) mass is 272 g/mol. The fourth-order valence-electron chi connectivity index (χ4n) is 3.15. The van der Waals surface area contributed by atoms with Crippen LogP contribution in [0, 0.1) is 5.41 Å². The first-order chi connectivity index (χ1) is 9.49. The van der Waals surface area contributed by atoms with Crippen LogP contribution in [-0.4, -0.2) is 20.8 Å². The Kier molecular flexibility index (Phi) is 2.78. The standard InChI is InChI=1S/C15H16N2O3/c1-15(2)7-10-5-3-4-6-11(10)13(15)17-9-16-8-12(17)20-14(18)19/h3-6,8-9,13H,7H2,1-2H3,(H,18,19). The van der Waals surface area contributed by atoms with Crippen LogP contribution in [0.1, 0.15) is 31.0 Å². The summed E-state index contributed by atoms with van der Waals surface area (Å²) in [5, 5.41) is 8.81. The molecule has 5 heteroatoms. The highest BCUT2D eigenvalue weighted by atomic mass is 16.7. The molecule has 0 radical (unpaired) electrons. The van der Waals surface area contributed by atoms with Gasteiger partial charge < -0.3 is 9.84 Å². The maximum absolute atomic E-state index is 10.8. The Morgan fingerprint density at radius 2 is 2.20 bits per heavy atom. The molecule has 1 aliphatic carbocycles. The second-order valence-corrected chi connectivity index (χ2v) is 5.77. The zero-order chi connectivity index (χ0) is 14.3. The molecule has 0 fully saturated rings. The minimum Gasteiger partial charge on any atom is -0.449 e. The van der Waals surface area contributed by atoms with Crippen molar-refractivity contribution < 1.29 is 14.6 Å². The summed E-state index contributed by atoms with van der Waals surface area (Å²) in [6, 6.07) is 8.25. The minimum absolute atomic E-state index is 0.0237. The summed E-state index contributed by atoms with van der Waals surface area (Å²) in [4.78, 5) is 14.8. The number of rotatable bonds is 2. The zero-order valence-corrected chi connectivity index (χ0v) is 11.4. The van der Waals surface area contributed by atoms with Gasteiger partial charge in [0.05, 0.1) is 18.6 Å². The van der Waals surface area contributed by atoms with Crippen LogP contribution in [0.25, 0.3) is 0 Å². The smallest absolute Gasteiger partial charge is 0.449 e. The Balaban J connectivity index is 2.09. The number of carbonyl (C=O) groups is 1. The summed E-state index contributed by atoms with van der Waals surface area (Å²) >= 11 is 0. The van der Waals surface area contributed by atoms with Crippen molar-refractivity contribution in [3.63, 3.8) is 0 Å². The normalized spacial score (nSPS) is 19.6. The molecule has 0 bridgehead atoms. The average molecular weight is 272 g/mol. The molecule has 1 heterocycles. The molecule has 1 aromatic carbocycles. The minimum atomic E-state index is -1.32. The van der Waals surface area contributed by atoms with Crippen molar-refractivity contribution in [3.8, 4) is 5.88 Å². The van der Waals surface area contributed by atoms with Crippen LogP contribution in [0.15, 0.2) is 36.8 Å². The molecule has 1 aromatic heterocycles. The van der Waals surface area contributed by atoms with Crippen LogP contribution in [0.4, 0.5) is 4.79 Å². The highest BCUT2D eigenvalue weighted by Gasteiger charge is 2.41. The van der Waals surface area contributed by atoms with Crippen molar-refractivity contribution in [1.82, 2.24) is 9.55 Å². The molecule has 0 saturated heterocycles. The van der Waals surface area contributed by atoms with Gasteiger partial charge in [0, 0.05) is 0 Å². The summed E-state index contributed by atoms with van der Waals surface area (Å²) < 4.78 is 6.63. The maximum Gasteiger partial charge on any atom is 0.512 e. The molecule has 0 spiro atoms. The van der Waals surface area contributed by atoms with Crippen molar-refractivity contribution in [1.29, 1.82) is 0 Å². The van der Waals surface area contributed by atoms with Gasteiger partial charge in [-0.15, -0.1) is 0 Å². The first-order valence-electron chi connectivity index (χ1n) is 6.49. The van der Waals surface area contributed by atoms with E-state index < -0.39 is 6.16 Å². The summed E-state index contributed by atoms with van der Waals surface area (Å²) in [6.45, 7) is 4.34. The summed E-state index contributed by atoms with van der Waals surface area (Å²) in [5.41, 5.74) is 2.46. The van der Waals surface area contributed by atoms with Gasteiger partial charge in [-0.3, -0.25) is 4.57 Å². The lowest BCUT2D eigenvalue weighted by Gasteiger charge is -2.29. The van der Waals surface area contributed by atoms with E-state index in [1.54, 1.807) is 10.9 Å². The molecular weight excluding hydrogens is 256 g/mol. The first-order valence-corrected chi connectivity index (χ1v) is 6.49. The number of nitrogens with zero attached hydrogens (tertiary/aromatic N) is 2. The van der Waals surface area contributed by atoms with Gasteiger partial charge in [0.2, 0.25) is 5.88 Å². The molecule has 1 aliphatic rings. The Hall–Kier alpha value is -2.30. The Morgan fingerprint density at radius 3 is 2.95 bits per heavy atom. The summed E-state index contributed by atoms with van der Waals surface area (Å²) in [5.74, 6) is 0.257. The van der Waals surface area contributed by atoms with E-state index in [1.165, 1.54) is 17.3 Å². The molecular formula is C15H16N2O3. The van der Waals surface area contributed by atoms with Gasteiger partial charge in [0.1, 0.15) is 0 Å². The lowest BCUT2D eigenvalue weighted by Crippen LogP contribution is -2.25. The van der Waals surface area contributed by atoms with Gasteiger partial charge in [-0.2, -0.15) is 0 Å². The number of benzene rings is 1. The second-order valence-electron chi connectivity index (χ2n) is 5.77. The van der Waals surface area contributed by atoms with Crippen molar-refractivity contribution in [2.24, 2.45) is 5.41 Å². The quantitative estimate of drug-likeness (QED) is 0.853. The highest BCUT2D eigenvalue weighted by Crippen LogP contribution is 2.48. The van der Waals surface area contributed by atoms with E-state index in [1.807, 2.05) is 12.1 Å². The Morgan fingerprint density at radius 1 is 1.45 bits per heavy atom. The van der Waals surface area contributed by atoms with Crippen LogP contribution >= 0.6 is 0 Å². The number of carboxylic acid groups (broad SMARTS) is 1. The first kappa shape index (κ1) is 12.7. The molecule has 0 amide bonds. The van der Waals surface area contributed by atoms with E-state index in [9.17, 15) is 4.79 Å². The fourth-order valence-corrected chi connectivity index (χ4v) is 3.15. The second kappa shape index (κ2) is 4.37. The molecule has 1 atom stereocenters. The number of fused-ring (bicyclic) bond motifs is 1. The van der Waals surface area contributed by atoms with Gasteiger partial charge in [-0.1, -0.05) is 38.1 Å². The number of ether oxygens (including phenoxy) is 1. The van der Waals surface area contributed by atoms with Crippen LogP contribution in [0.2, 0.25) is 0 Å². The summed E-state index contributed by atoms with van der Waals surface area (Å²) in [6.07, 6.45) is 2.69. The van der Waals surface area contributed by atoms with E-state index in [-0.39, 0.29) is 17.3 Å². The third-order valence-electron chi connectivity index (χ3n) is 3.84. The Bertz CT molecular complexity index is 661. The molecule has 5 nitrogen and oxygen atoms in total. The van der Waals surface area contributed by atoms with E-state index >= 15 is 0 Å². The predicted octanol–water partition coefficient (Wildman–Crippen LogP) is 3.11. The molecule has 0 aliphatic heterocycles. The highest BCUT2D eigenvalue weighted by molar-refractivity contribution is 5.60. The maximum atomic E-state index is 10.8. The van der Waals surface area contributed by atoms with Crippen LogP contribution in [0.5, 0.6) is 5.88 Å². The Labute approximate surface area is 116 Å². The molecule has 20 heavy (non-hydrogen) atoms. The predicted molar refractivity (Wildman–Crippen MR) is 72.9 cm³/mol. The molecule has 1 N–H and O–H groups in total. The van der Waals surface area contributed by atoms with Crippen molar-refractivity contribution in [2.75, 3.05) is 0 Å². The number of imidazole rings is 1. The largest absolute Gasteiger partial charge is 0.512 e. The van der Waals surface area contributed by atoms with E-state index in [0.717, 1.165) is 6.42 Å². The topological polar surface area (TPSA) is 64.4 Å². The lowest BCUT2D eigenvalue weighted by molar-refractivity contribution is 0.137. The average Bonchev–Trinajstić information content (AvgIpc) is 2.88. The van der Waals surface area contributed by atoms with Crippen LogP contribution < -0.4 is 4.74 Å². The van der Waals surface area contributed by atoms with E-state index in [2.05, 4.69) is 31.0 Å². The number of aromatic nitrogens is 2. The summed E-state index contributed by atoms with van der Waals surface area (Å²) in [7, 11) is 0. The zero-order valence-electron chi connectivity index (χ0n) is 11.4. The van der Waals surface area contributed by atoms with Crippen LogP contribution in [0.3, 0.4) is 0 Å². The van der Waals surface area contributed by atoms with Gasteiger partial charge in [-0.05, 0) is 23.0 Å². The fraction of sp³-hybridized carbons (Fsp3) is 0.333. The van der Waals surface area contributed by atoms with Gasteiger partial charge in [0.25, 0.3) is 0 Å². The van der Waals surface area contributed by atoms with E-state index in [4.69, 9.17) is 9.84 Å². The molecule has 2 aromatic rings. The number of hydrogen-bond donors (Lipinski definition) is 1.